The van der Waals surface area contributed by atoms with Crippen LogP contribution in [0.1, 0.15) is 24.5 Å². The molecule has 2 aromatic carbocycles. The van der Waals surface area contributed by atoms with Crippen LogP contribution < -0.4 is 15.4 Å². The van der Waals surface area contributed by atoms with Crippen molar-refractivity contribution in [2.24, 2.45) is 4.99 Å². The van der Waals surface area contributed by atoms with Gasteiger partial charge in [0.25, 0.3) is 0 Å². The van der Waals surface area contributed by atoms with E-state index in [-0.39, 0.29) is 0 Å². The van der Waals surface area contributed by atoms with Crippen LogP contribution in [0.4, 0.5) is 5.69 Å². The minimum atomic E-state index is 0.615. The lowest BCUT2D eigenvalue weighted by Gasteiger charge is -2.13. The Morgan fingerprint density at radius 2 is 1.83 bits per heavy atom. The van der Waals surface area contributed by atoms with Gasteiger partial charge in [-0.1, -0.05) is 30.3 Å². The van der Waals surface area contributed by atoms with Crippen molar-refractivity contribution in [2.75, 3.05) is 46.3 Å². The van der Waals surface area contributed by atoms with Crippen molar-refractivity contribution in [3.8, 4) is 5.75 Å². The standard InChI is InChI=1S/C23H34N4O2/c1-5-24-23(25-17-19-9-6-10-20(15-19)18-27(2)3)26-21-11-7-12-22(16-21)29-14-8-13-28-4/h6-7,9-12,15-16H,5,8,13-14,17-18H2,1-4H3,(H2,24,25,26). The second-order valence-corrected chi connectivity index (χ2v) is 7.10. The van der Waals surface area contributed by atoms with E-state index in [0.717, 1.165) is 36.9 Å². The molecule has 6 nitrogen and oxygen atoms in total. The average Bonchev–Trinajstić information content (AvgIpc) is 2.70. The van der Waals surface area contributed by atoms with Gasteiger partial charge in [0, 0.05) is 45.0 Å². The maximum Gasteiger partial charge on any atom is 0.196 e. The highest BCUT2D eigenvalue weighted by Crippen LogP contribution is 2.17. The molecule has 0 fully saturated rings. The number of anilines is 1. The summed E-state index contributed by atoms with van der Waals surface area (Å²) in [5.41, 5.74) is 3.42. The molecular weight excluding hydrogens is 364 g/mol. The second-order valence-electron chi connectivity index (χ2n) is 7.10. The summed E-state index contributed by atoms with van der Waals surface area (Å²) in [6.45, 7) is 5.72. The molecule has 2 N–H and O–H groups in total. The Balaban J connectivity index is 2.00. The molecule has 0 aliphatic heterocycles. The number of nitrogens with one attached hydrogen (secondary N) is 2. The summed E-state index contributed by atoms with van der Waals surface area (Å²) in [6, 6.07) is 16.5. The van der Waals surface area contributed by atoms with Crippen molar-refractivity contribution < 1.29 is 9.47 Å². The lowest BCUT2D eigenvalue weighted by Crippen LogP contribution is -2.30. The van der Waals surface area contributed by atoms with Gasteiger partial charge in [0.1, 0.15) is 5.75 Å². The zero-order valence-corrected chi connectivity index (χ0v) is 18.1. The van der Waals surface area contributed by atoms with Crippen LogP contribution in [0.5, 0.6) is 5.75 Å². The molecule has 0 aliphatic rings. The van der Waals surface area contributed by atoms with Gasteiger partial charge in [-0.3, -0.25) is 0 Å². The van der Waals surface area contributed by atoms with Gasteiger partial charge in [-0.05, 0) is 44.3 Å². The molecule has 0 saturated carbocycles. The highest BCUT2D eigenvalue weighted by atomic mass is 16.5. The van der Waals surface area contributed by atoms with Gasteiger partial charge in [-0.25, -0.2) is 4.99 Å². The molecule has 6 heteroatoms. The Labute approximate surface area is 174 Å². The van der Waals surface area contributed by atoms with Gasteiger partial charge < -0.3 is 25.0 Å². The van der Waals surface area contributed by atoms with E-state index in [0.29, 0.717) is 19.8 Å². The number of guanidine groups is 1. The predicted molar refractivity (Wildman–Crippen MR) is 121 cm³/mol. The molecule has 0 amide bonds. The molecule has 29 heavy (non-hydrogen) atoms. The number of ether oxygens (including phenoxy) is 2. The molecule has 0 heterocycles. The van der Waals surface area contributed by atoms with E-state index in [1.54, 1.807) is 7.11 Å². The van der Waals surface area contributed by atoms with E-state index in [1.807, 2.05) is 24.3 Å². The molecule has 0 radical (unpaired) electrons. The summed E-state index contributed by atoms with van der Waals surface area (Å²) in [6.07, 6.45) is 0.866. The van der Waals surface area contributed by atoms with E-state index >= 15 is 0 Å². The minimum Gasteiger partial charge on any atom is -0.493 e. The normalized spacial score (nSPS) is 11.6. The Hall–Kier alpha value is -2.57. The second kappa shape index (κ2) is 12.8. The van der Waals surface area contributed by atoms with Crippen LogP contribution in [0.2, 0.25) is 0 Å². The fourth-order valence-corrected chi connectivity index (χ4v) is 2.86. The van der Waals surface area contributed by atoms with Crippen LogP contribution in [0.15, 0.2) is 53.5 Å². The van der Waals surface area contributed by atoms with Crippen molar-refractivity contribution >= 4 is 11.6 Å². The van der Waals surface area contributed by atoms with Crippen LogP contribution in [-0.2, 0) is 17.8 Å². The molecule has 0 unspecified atom stereocenters. The summed E-state index contributed by atoms with van der Waals surface area (Å²) in [4.78, 5) is 6.90. The van der Waals surface area contributed by atoms with E-state index in [2.05, 4.69) is 60.8 Å². The molecule has 0 aromatic heterocycles. The van der Waals surface area contributed by atoms with Crippen molar-refractivity contribution in [1.82, 2.24) is 10.2 Å². The highest BCUT2D eigenvalue weighted by Gasteiger charge is 2.03. The molecule has 2 rings (SSSR count). The number of hydrogen-bond donors (Lipinski definition) is 2. The number of benzene rings is 2. The maximum absolute atomic E-state index is 5.78. The fourth-order valence-electron chi connectivity index (χ4n) is 2.86. The van der Waals surface area contributed by atoms with Crippen LogP contribution in [0.25, 0.3) is 0 Å². The monoisotopic (exact) mass is 398 g/mol. The van der Waals surface area contributed by atoms with E-state index < -0.39 is 0 Å². The SMILES string of the molecule is CCNC(=NCc1cccc(CN(C)C)c1)Nc1cccc(OCCCOC)c1. The zero-order chi connectivity index (χ0) is 20.9. The predicted octanol–water partition coefficient (Wildman–Crippen LogP) is 3.74. The lowest BCUT2D eigenvalue weighted by molar-refractivity contribution is 0.172. The Bertz CT molecular complexity index is 762. The summed E-state index contributed by atoms with van der Waals surface area (Å²) < 4.78 is 10.8. The molecule has 2 aromatic rings. The molecule has 0 atom stereocenters. The molecule has 0 bridgehead atoms. The quantitative estimate of drug-likeness (QED) is 0.343. The zero-order valence-electron chi connectivity index (χ0n) is 18.1. The third-order valence-electron chi connectivity index (χ3n) is 4.11. The smallest absolute Gasteiger partial charge is 0.196 e. The summed E-state index contributed by atoms with van der Waals surface area (Å²) in [7, 11) is 5.85. The molecule has 158 valence electrons. The first-order chi connectivity index (χ1) is 14.1. The number of methoxy groups -OCH3 is 1. The number of hydrogen-bond acceptors (Lipinski definition) is 4. The van der Waals surface area contributed by atoms with Crippen LogP contribution in [0.3, 0.4) is 0 Å². The van der Waals surface area contributed by atoms with Crippen molar-refractivity contribution in [3.63, 3.8) is 0 Å². The average molecular weight is 399 g/mol. The van der Waals surface area contributed by atoms with Gasteiger partial charge >= 0.3 is 0 Å². The fraction of sp³-hybridized carbons (Fsp3) is 0.435. The first-order valence-electron chi connectivity index (χ1n) is 10.1. The third-order valence-corrected chi connectivity index (χ3v) is 4.11. The first-order valence-corrected chi connectivity index (χ1v) is 10.1. The largest absolute Gasteiger partial charge is 0.493 e. The van der Waals surface area contributed by atoms with Crippen LogP contribution in [0, 0.1) is 0 Å². The van der Waals surface area contributed by atoms with Gasteiger partial charge in [-0.15, -0.1) is 0 Å². The van der Waals surface area contributed by atoms with Gasteiger partial charge in [0.2, 0.25) is 0 Å². The Kier molecular flexibility index (Phi) is 10.0. The van der Waals surface area contributed by atoms with Crippen molar-refractivity contribution in [2.45, 2.75) is 26.4 Å². The van der Waals surface area contributed by atoms with E-state index in [9.17, 15) is 0 Å². The van der Waals surface area contributed by atoms with Crippen molar-refractivity contribution in [3.05, 3.63) is 59.7 Å². The van der Waals surface area contributed by atoms with Crippen LogP contribution in [-0.4, -0.2) is 51.8 Å². The van der Waals surface area contributed by atoms with Gasteiger partial charge in [0.15, 0.2) is 5.96 Å². The summed E-state index contributed by atoms with van der Waals surface area (Å²) >= 11 is 0. The highest BCUT2D eigenvalue weighted by molar-refractivity contribution is 5.93. The summed E-state index contributed by atoms with van der Waals surface area (Å²) in [5.74, 6) is 1.58. The van der Waals surface area contributed by atoms with Crippen molar-refractivity contribution in [1.29, 1.82) is 0 Å². The lowest BCUT2D eigenvalue weighted by atomic mass is 10.1. The number of aliphatic imine (C=N–C) groups is 1. The summed E-state index contributed by atoms with van der Waals surface area (Å²) in [5, 5.41) is 6.67. The molecule has 0 spiro atoms. The number of rotatable bonds is 11. The third kappa shape index (κ3) is 8.98. The Morgan fingerprint density at radius 3 is 2.59 bits per heavy atom. The van der Waals surface area contributed by atoms with E-state index in [1.165, 1.54) is 11.1 Å². The minimum absolute atomic E-state index is 0.615. The number of nitrogens with zero attached hydrogens (tertiary/aromatic N) is 2. The van der Waals surface area contributed by atoms with Gasteiger partial charge in [-0.2, -0.15) is 0 Å². The Morgan fingerprint density at radius 1 is 1.03 bits per heavy atom. The molecule has 0 saturated heterocycles. The van der Waals surface area contributed by atoms with Crippen LogP contribution >= 0.6 is 0 Å². The maximum atomic E-state index is 5.78. The van der Waals surface area contributed by atoms with Gasteiger partial charge in [0.05, 0.1) is 13.2 Å². The van der Waals surface area contributed by atoms with E-state index in [4.69, 9.17) is 14.5 Å². The molecular formula is C23H34N4O2. The first kappa shape index (κ1) is 22.7. The molecule has 0 aliphatic carbocycles. The topological polar surface area (TPSA) is 58.1 Å².